The average Bonchev–Trinajstić information content (AvgIpc) is 2.60. The van der Waals surface area contributed by atoms with Gasteiger partial charge in [-0.15, -0.1) is 6.42 Å². The Labute approximate surface area is 166 Å². The van der Waals surface area contributed by atoms with E-state index in [-0.39, 0.29) is 23.3 Å². The van der Waals surface area contributed by atoms with Crippen LogP contribution in [0.25, 0.3) is 0 Å². The summed E-state index contributed by atoms with van der Waals surface area (Å²) in [6.45, 7) is 11.9. The van der Waals surface area contributed by atoms with Gasteiger partial charge in [-0.05, 0) is 57.8 Å². The molecule has 1 fully saturated rings. The molecular weight excluding hydrogens is 334 g/mol. The number of aliphatic hydroxyl groups excluding tert-OH is 1. The Balaban J connectivity index is 2.62. The Morgan fingerprint density at radius 1 is 1.33 bits per heavy atom. The molecule has 1 aliphatic carbocycles. The smallest absolute Gasteiger partial charge is 0.217 e. The van der Waals surface area contributed by atoms with E-state index < -0.39 is 6.10 Å². The summed E-state index contributed by atoms with van der Waals surface area (Å²) in [5, 5.41) is 13.2. The number of hydrogen-bond donors (Lipinski definition) is 2. The molecule has 0 aliphatic heterocycles. The van der Waals surface area contributed by atoms with Crippen molar-refractivity contribution in [2.75, 3.05) is 0 Å². The van der Waals surface area contributed by atoms with Crippen molar-refractivity contribution >= 4 is 5.91 Å². The van der Waals surface area contributed by atoms with E-state index >= 15 is 0 Å². The van der Waals surface area contributed by atoms with Crippen molar-refractivity contribution in [1.82, 2.24) is 5.32 Å². The summed E-state index contributed by atoms with van der Waals surface area (Å²) in [6.07, 6.45) is 17.7. The van der Waals surface area contributed by atoms with Gasteiger partial charge in [0.15, 0.2) is 0 Å². The van der Waals surface area contributed by atoms with E-state index in [9.17, 15) is 9.90 Å². The van der Waals surface area contributed by atoms with E-state index in [2.05, 4.69) is 50.2 Å². The Kier molecular flexibility index (Phi) is 9.33. The van der Waals surface area contributed by atoms with Crippen LogP contribution in [-0.4, -0.2) is 23.2 Å². The highest BCUT2D eigenvalue weighted by Crippen LogP contribution is 2.41. The summed E-state index contributed by atoms with van der Waals surface area (Å²) in [7, 11) is 0. The fourth-order valence-corrected chi connectivity index (χ4v) is 4.20. The molecule has 0 aromatic rings. The molecule has 152 valence electrons. The number of rotatable bonds is 8. The third kappa shape index (κ3) is 7.54. The first-order chi connectivity index (χ1) is 12.6. The normalized spacial score (nSPS) is 28.2. The molecule has 0 bridgehead atoms. The third-order valence-electron chi connectivity index (χ3n) is 6.03. The monoisotopic (exact) mass is 373 g/mol. The van der Waals surface area contributed by atoms with Gasteiger partial charge in [0.1, 0.15) is 0 Å². The molecule has 3 heteroatoms. The first kappa shape index (κ1) is 23.5. The molecule has 0 saturated heterocycles. The third-order valence-corrected chi connectivity index (χ3v) is 6.03. The Morgan fingerprint density at radius 2 is 2.00 bits per heavy atom. The van der Waals surface area contributed by atoms with Crippen LogP contribution in [0.4, 0.5) is 0 Å². The minimum absolute atomic E-state index is 0.0164. The van der Waals surface area contributed by atoms with Gasteiger partial charge in [-0.3, -0.25) is 4.79 Å². The van der Waals surface area contributed by atoms with Crippen LogP contribution < -0.4 is 5.32 Å². The van der Waals surface area contributed by atoms with E-state index in [4.69, 9.17) is 6.42 Å². The van der Waals surface area contributed by atoms with Gasteiger partial charge < -0.3 is 10.4 Å². The van der Waals surface area contributed by atoms with Gasteiger partial charge in [0, 0.05) is 12.3 Å². The molecule has 0 aromatic carbocycles. The van der Waals surface area contributed by atoms with Gasteiger partial charge >= 0.3 is 0 Å². The van der Waals surface area contributed by atoms with Crippen molar-refractivity contribution in [1.29, 1.82) is 0 Å². The number of amides is 1. The SMILES string of the molecule is C#CC1(C)CCCCC1C=C(C)C=CC(C)CC(C)C(O)C(C)NC(C)=O. The highest BCUT2D eigenvalue weighted by molar-refractivity contribution is 5.73. The van der Waals surface area contributed by atoms with E-state index in [1.807, 2.05) is 13.8 Å². The maximum atomic E-state index is 11.2. The van der Waals surface area contributed by atoms with Crippen molar-refractivity contribution in [3.05, 3.63) is 23.8 Å². The molecule has 6 atom stereocenters. The lowest BCUT2D eigenvalue weighted by Crippen LogP contribution is -2.43. The maximum Gasteiger partial charge on any atom is 0.217 e. The predicted octanol–water partition coefficient (Wildman–Crippen LogP) is 4.87. The van der Waals surface area contributed by atoms with Gasteiger partial charge in [-0.2, -0.15) is 0 Å². The van der Waals surface area contributed by atoms with E-state index in [0.29, 0.717) is 11.8 Å². The molecule has 2 N–H and O–H groups in total. The number of carbonyl (C=O) groups excluding carboxylic acids is 1. The number of carbonyl (C=O) groups is 1. The average molecular weight is 374 g/mol. The zero-order valence-electron chi connectivity index (χ0n) is 18.1. The highest BCUT2D eigenvalue weighted by atomic mass is 16.3. The van der Waals surface area contributed by atoms with Crippen molar-refractivity contribution in [3.63, 3.8) is 0 Å². The summed E-state index contributed by atoms with van der Waals surface area (Å²) in [5.41, 5.74) is 1.24. The van der Waals surface area contributed by atoms with Gasteiger partial charge in [-0.25, -0.2) is 0 Å². The lowest BCUT2D eigenvalue weighted by Gasteiger charge is -2.36. The van der Waals surface area contributed by atoms with Crippen LogP contribution in [0.3, 0.4) is 0 Å². The van der Waals surface area contributed by atoms with E-state index in [0.717, 1.165) is 12.8 Å². The molecule has 0 spiro atoms. The minimum Gasteiger partial charge on any atom is -0.391 e. The number of terminal acetylenes is 1. The quantitative estimate of drug-likeness (QED) is 0.471. The molecule has 1 saturated carbocycles. The number of hydrogen-bond acceptors (Lipinski definition) is 2. The predicted molar refractivity (Wildman–Crippen MR) is 114 cm³/mol. The largest absolute Gasteiger partial charge is 0.391 e. The Bertz CT molecular complexity index is 586. The van der Waals surface area contributed by atoms with Crippen molar-refractivity contribution in [2.24, 2.45) is 23.2 Å². The zero-order valence-corrected chi connectivity index (χ0v) is 18.1. The second kappa shape index (κ2) is 10.7. The first-order valence-electron chi connectivity index (χ1n) is 10.4. The van der Waals surface area contributed by atoms with Crippen LogP contribution in [0, 0.1) is 35.5 Å². The molecule has 27 heavy (non-hydrogen) atoms. The number of nitrogens with one attached hydrogen (secondary N) is 1. The van der Waals surface area contributed by atoms with Gasteiger partial charge in [-0.1, -0.05) is 56.4 Å². The molecule has 6 unspecified atom stereocenters. The van der Waals surface area contributed by atoms with E-state index in [1.54, 1.807) is 0 Å². The molecule has 0 radical (unpaired) electrons. The fraction of sp³-hybridized carbons (Fsp3) is 0.708. The lowest BCUT2D eigenvalue weighted by atomic mass is 9.67. The van der Waals surface area contributed by atoms with Crippen molar-refractivity contribution in [3.8, 4) is 12.3 Å². The molecule has 1 aliphatic rings. The lowest BCUT2D eigenvalue weighted by molar-refractivity contribution is -0.120. The molecule has 1 amide bonds. The summed E-state index contributed by atoms with van der Waals surface area (Å²) in [5.74, 6) is 3.85. The Morgan fingerprint density at radius 3 is 2.59 bits per heavy atom. The van der Waals surface area contributed by atoms with Crippen LogP contribution in [-0.2, 0) is 4.79 Å². The maximum absolute atomic E-state index is 11.2. The minimum atomic E-state index is -0.542. The standard InChI is InChI=1S/C24H39NO2/c1-8-24(7)14-10-9-11-22(24)16-18(3)13-12-17(2)15-19(4)23(27)20(5)25-21(6)26/h1,12-13,16-17,19-20,22-23,27H,9-11,14-15H2,2-7H3,(H,25,26). The summed E-state index contributed by atoms with van der Waals surface area (Å²) in [4.78, 5) is 11.2. The van der Waals surface area contributed by atoms with Crippen molar-refractivity contribution in [2.45, 2.75) is 85.8 Å². The van der Waals surface area contributed by atoms with Crippen LogP contribution in [0.5, 0.6) is 0 Å². The molecule has 0 heterocycles. The topological polar surface area (TPSA) is 49.3 Å². The first-order valence-corrected chi connectivity index (χ1v) is 10.4. The molecule has 3 nitrogen and oxygen atoms in total. The second-order valence-corrected chi connectivity index (χ2v) is 8.85. The second-order valence-electron chi connectivity index (χ2n) is 8.85. The number of allylic oxidation sites excluding steroid dienone is 4. The van der Waals surface area contributed by atoms with Gasteiger partial charge in [0.05, 0.1) is 12.1 Å². The van der Waals surface area contributed by atoms with Crippen LogP contribution >= 0.6 is 0 Å². The zero-order chi connectivity index (χ0) is 20.6. The van der Waals surface area contributed by atoms with Gasteiger partial charge in [0.2, 0.25) is 5.91 Å². The van der Waals surface area contributed by atoms with Crippen LogP contribution in [0.15, 0.2) is 23.8 Å². The molecule has 0 aromatic heterocycles. The number of aliphatic hydroxyl groups is 1. The summed E-state index contributed by atoms with van der Waals surface area (Å²) < 4.78 is 0. The van der Waals surface area contributed by atoms with Crippen LogP contribution in [0.2, 0.25) is 0 Å². The molecule has 1 rings (SSSR count). The fourth-order valence-electron chi connectivity index (χ4n) is 4.20. The van der Waals surface area contributed by atoms with Crippen LogP contribution in [0.1, 0.15) is 73.6 Å². The van der Waals surface area contributed by atoms with Gasteiger partial charge in [0.25, 0.3) is 0 Å². The molecular formula is C24H39NO2. The Hall–Kier alpha value is -1.53. The van der Waals surface area contributed by atoms with Crippen molar-refractivity contribution < 1.29 is 9.90 Å². The summed E-state index contributed by atoms with van der Waals surface area (Å²) in [6, 6.07) is -0.233. The summed E-state index contributed by atoms with van der Waals surface area (Å²) >= 11 is 0. The highest BCUT2D eigenvalue weighted by Gasteiger charge is 2.33. The van der Waals surface area contributed by atoms with E-state index in [1.165, 1.54) is 31.8 Å².